The molecular weight excluding hydrogens is 357 g/mol. The highest BCUT2D eigenvalue weighted by atomic mass is 35.5. The summed E-state index contributed by atoms with van der Waals surface area (Å²) in [6.07, 6.45) is 2.98. The molecule has 0 saturated heterocycles. The van der Waals surface area contributed by atoms with Crippen molar-refractivity contribution in [3.8, 4) is 5.75 Å². The molecular formula is C19H15ClFN3O2. The molecule has 2 aromatic carbocycles. The Labute approximate surface area is 154 Å². The molecule has 1 amide bonds. The highest BCUT2D eigenvalue weighted by Crippen LogP contribution is 2.28. The molecule has 1 aromatic heterocycles. The number of anilines is 3. The minimum absolute atomic E-state index is 0.327. The van der Waals surface area contributed by atoms with Crippen molar-refractivity contribution < 1.29 is 13.9 Å². The van der Waals surface area contributed by atoms with Crippen molar-refractivity contribution in [3.63, 3.8) is 0 Å². The molecule has 0 spiro atoms. The lowest BCUT2D eigenvalue weighted by molar-refractivity contribution is 0.102. The van der Waals surface area contributed by atoms with Crippen LogP contribution in [0.1, 0.15) is 10.4 Å². The predicted molar refractivity (Wildman–Crippen MR) is 99.9 cm³/mol. The van der Waals surface area contributed by atoms with Crippen LogP contribution in [-0.2, 0) is 0 Å². The molecule has 132 valence electrons. The van der Waals surface area contributed by atoms with E-state index in [9.17, 15) is 9.18 Å². The Kier molecular flexibility index (Phi) is 5.34. The second kappa shape index (κ2) is 7.84. The number of benzene rings is 2. The van der Waals surface area contributed by atoms with Gasteiger partial charge in [0.2, 0.25) is 0 Å². The number of ether oxygens (including phenoxy) is 1. The molecule has 0 aliphatic heterocycles. The van der Waals surface area contributed by atoms with Crippen LogP contribution in [-0.4, -0.2) is 18.0 Å². The first-order valence-corrected chi connectivity index (χ1v) is 8.05. The summed E-state index contributed by atoms with van der Waals surface area (Å²) >= 11 is 5.97. The van der Waals surface area contributed by atoms with Crippen LogP contribution in [0.25, 0.3) is 0 Å². The molecule has 0 saturated carbocycles. The zero-order valence-electron chi connectivity index (χ0n) is 13.8. The molecule has 3 aromatic rings. The number of hydrogen-bond acceptors (Lipinski definition) is 4. The summed E-state index contributed by atoms with van der Waals surface area (Å²) in [4.78, 5) is 16.6. The van der Waals surface area contributed by atoms with Gasteiger partial charge in [0.25, 0.3) is 5.91 Å². The second-order valence-electron chi connectivity index (χ2n) is 5.40. The number of hydrogen-bond donors (Lipinski definition) is 2. The second-order valence-corrected chi connectivity index (χ2v) is 5.83. The summed E-state index contributed by atoms with van der Waals surface area (Å²) in [6.45, 7) is 0. The Morgan fingerprint density at radius 3 is 2.73 bits per heavy atom. The van der Waals surface area contributed by atoms with E-state index in [1.54, 1.807) is 42.6 Å². The van der Waals surface area contributed by atoms with Crippen LogP contribution in [0.15, 0.2) is 60.9 Å². The average Bonchev–Trinajstić information content (AvgIpc) is 2.62. The monoisotopic (exact) mass is 371 g/mol. The van der Waals surface area contributed by atoms with Gasteiger partial charge < -0.3 is 15.4 Å². The van der Waals surface area contributed by atoms with Gasteiger partial charge in [-0.05, 0) is 42.5 Å². The van der Waals surface area contributed by atoms with Crippen molar-refractivity contribution in [3.05, 3.63) is 77.3 Å². The van der Waals surface area contributed by atoms with Crippen LogP contribution in [0.5, 0.6) is 5.75 Å². The van der Waals surface area contributed by atoms with E-state index >= 15 is 0 Å². The summed E-state index contributed by atoms with van der Waals surface area (Å²) in [7, 11) is 1.50. The predicted octanol–water partition coefficient (Wildman–Crippen LogP) is 4.88. The lowest BCUT2D eigenvalue weighted by Gasteiger charge is -2.11. The van der Waals surface area contributed by atoms with E-state index in [-0.39, 0.29) is 11.7 Å². The molecule has 0 aliphatic rings. The molecule has 26 heavy (non-hydrogen) atoms. The summed E-state index contributed by atoms with van der Waals surface area (Å²) < 4.78 is 18.5. The van der Waals surface area contributed by atoms with Crippen molar-refractivity contribution in [2.45, 2.75) is 0 Å². The fourth-order valence-electron chi connectivity index (χ4n) is 2.34. The van der Waals surface area contributed by atoms with Crippen molar-refractivity contribution in [2.75, 3.05) is 17.7 Å². The Balaban J connectivity index is 1.79. The molecule has 0 fully saturated rings. The van der Waals surface area contributed by atoms with Gasteiger partial charge in [-0.15, -0.1) is 0 Å². The van der Waals surface area contributed by atoms with E-state index in [0.717, 1.165) is 0 Å². The molecule has 0 aliphatic carbocycles. The molecule has 2 N–H and O–H groups in total. The maximum atomic E-state index is 13.3. The quantitative estimate of drug-likeness (QED) is 0.671. The van der Waals surface area contributed by atoms with E-state index in [1.165, 1.54) is 25.4 Å². The number of carbonyl (C=O) groups is 1. The molecule has 5 nitrogen and oxygen atoms in total. The molecule has 0 atom stereocenters. The summed E-state index contributed by atoms with van der Waals surface area (Å²) in [5.74, 6) is -0.240. The number of halogens is 2. The zero-order chi connectivity index (χ0) is 18.5. The van der Waals surface area contributed by atoms with Crippen LogP contribution in [0, 0.1) is 5.82 Å². The molecule has 1 heterocycles. The van der Waals surface area contributed by atoms with Gasteiger partial charge in [0.15, 0.2) is 0 Å². The maximum absolute atomic E-state index is 13.3. The summed E-state index contributed by atoms with van der Waals surface area (Å²) in [5, 5.41) is 6.22. The number of pyridine rings is 1. The van der Waals surface area contributed by atoms with Crippen molar-refractivity contribution in [2.24, 2.45) is 0 Å². The van der Waals surface area contributed by atoms with Crippen molar-refractivity contribution in [1.82, 2.24) is 4.98 Å². The highest BCUT2D eigenvalue weighted by Gasteiger charge is 2.11. The third-order valence-corrected chi connectivity index (χ3v) is 3.76. The van der Waals surface area contributed by atoms with Crippen LogP contribution in [0.2, 0.25) is 5.02 Å². The lowest BCUT2D eigenvalue weighted by atomic mass is 10.2. The van der Waals surface area contributed by atoms with Gasteiger partial charge in [-0.2, -0.15) is 0 Å². The van der Waals surface area contributed by atoms with Gasteiger partial charge in [-0.3, -0.25) is 9.78 Å². The molecule has 0 unspecified atom stereocenters. The Morgan fingerprint density at radius 1 is 1.12 bits per heavy atom. The third kappa shape index (κ3) is 4.29. The number of rotatable bonds is 5. The van der Waals surface area contributed by atoms with Crippen molar-refractivity contribution in [1.29, 1.82) is 0 Å². The standard InChI is InChI=1S/C19H15ClFN3O2/c1-26-18-6-5-13(20)8-17(18)24-19(25)12-7-16(11-22-10-12)23-15-4-2-3-14(21)9-15/h2-11,23H,1H3,(H,24,25). The Hall–Kier alpha value is -3.12. The van der Waals surface area contributed by atoms with E-state index < -0.39 is 0 Å². The lowest BCUT2D eigenvalue weighted by Crippen LogP contribution is -2.13. The zero-order valence-corrected chi connectivity index (χ0v) is 14.5. The smallest absolute Gasteiger partial charge is 0.257 e. The van der Waals surface area contributed by atoms with Crippen LogP contribution >= 0.6 is 11.6 Å². The van der Waals surface area contributed by atoms with Crippen LogP contribution in [0.3, 0.4) is 0 Å². The van der Waals surface area contributed by atoms with Gasteiger partial charge in [0.05, 0.1) is 30.2 Å². The van der Waals surface area contributed by atoms with Crippen LogP contribution in [0.4, 0.5) is 21.5 Å². The molecule has 0 bridgehead atoms. The van der Waals surface area contributed by atoms with Gasteiger partial charge in [-0.1, -0.05) is 17.7 Å². The topological polar surface area (TPSA) is 63.2 Å². The number of nitrogens with zero attached hydrogens (tertiary/aromatic N) is 1. The first-order valence-electron chi connectivity index (χ1n) is 7.67. The summed E-state index contributed by atoms with van der Waals surface area (Å²) in [6, 6.07) is 12.6. The normalized spacial score (nSPS) is 10.3. The summed E-state index contributed by atoms with van der Waals surface area (Å²) in [5.41, 5.74) is 1.89. The van der Waals surface area contributed by atoms with Gasteiger partial charge >= 0.3 is 0 Å². The average molecular weight is 372 g/mol. The highest BCUT2D eigenvalue weighted by molar-refractivity contribution is 6.31. The van der Waals surface area contributed by atoms with Gasteiger partial charge in [-0.25, -0.2) is 4.39 Å². The van der Waals surface area contributed by atoms with Gasteiger partial charge in [0.1, 0.15) is 11.6 Å². The SMILES string of the molecule is COc1ccc(Cl)cc1NC(=O)c1cncc(Nc2cccc(F)c2)c1. The van der Waals surface area contributed by atoms with E-state index in [1.807, 2.05) is 0 Å². The fraction of sp³-hybridized carbons (Fsp3) is 0.0526. The molecule has 3 rings (SSSR count). The Bertz CT molecular complexity index is 950. The minimum Gasteiger partial charge on any atom is -0.495 e. The van der Waals surface area contributed by atoms with E-state index in [2.05, 4.69) is 15.6 Å². The van der Waals surface area contributed by atoms with Crippen molar-refractivity contribution >= 4 is 34.6 Å². The number of aromatic nitrogens is 1. The largest absolute Gasteiger partial charge is 0.495 e. The third-order valence-electron chi connectivity index (χ3n) is 3.52. The minimum atomic E-state index is -0.374. The van der Waals surface area contributed by atoms with E-state index in [0.29, 0.717) is 33.4 Å². The number of nitrogens with one attached hydrogen (secondary N) is 2. The number of methoxy groups -OCH3 is 1. The Morgan fingerprint density at radius 2 is 1.96 bits per heavy atom. The van der Waals surface area contributed by atoms with Gasteiger partial charge in [0, 0.05) is 16.9 Å². The number of amides is 1. The first kappa shape index (κ1) is 17.7. The maximum Gasteiger partial charge on any atom is 0.257 e. The van der Waals surface area contributed by atoms with E-state index in [4.69, 9.17) is 16.3 Å². The number of carbonyl (C=O) groups excluding carboxylic acids is 1. The van der Waals surface area contributed by atoms with Crippen LogP contribution < -0.4 is 15.4 Å². The first-order chi connectivity index (χ1) is 12.5. The molecule has 7 heteroatoms. The fourth-order valence-corrected chi connectivity index (χ4v) is 2.51. The molecule has 0 radical (unpaired) electrons.